The number of aromatic nitrogens is 4. The number of aromatic amines is 1. The fraction of sp³-hybridized carbons (Fsp3) is 0.273. The number of likely N-dealkylation sites (tertiary alicyclic amines) is 1. The third kappa shape index (κ3) is 1.77. The molecular formula is C11H11N5O. The minimum Gasteiger partial charge on any atom is -0.337 e. The maximum absolute atomic E-state index is 12.0. The van der Waals surface area contributed by atoms with Crippen LogP contribution in [0.25, 0.3) is 0 Å². The summed E-state index contributed by atoms with van der Waals surface area (Å²) < 4.78 is 0. The van der Waals surface area contributed by atoms with E-state index in [4.69, 9.17) is 0 Å². The van der Waals surface area contributed by atoms with Crippen molar-refractivity contribution in [1.82, 2.24) is 25.5 Å². The molecule has 6 nitrogen and oxygen atoms in total. The Morgan fingerprint density at radius 3 is 2.71 bits per heavy atom. The highest BCUT2D eigenvalue weighted by Gasteiger charge is 2.34. The van der Waals surface area contributed by atoms with Crippen LogP contribution in [0.3, 0.4) is 0 Å². The molecule has 1 fully saturated rings. The molecule has 0 atom stereocenters. The summed E-state index contributed by atoms with van der Waals surface area (Å²) in [6.45, 7) is 1.32. The van der Waals surface area contributed by atoms with Gasteiger partial charge in [0, 0.05) is 18.7 Å². The van der Waals surface area contributed by atoms with Crippen molar-refractivity contribution in [3.05, 3.63) is 41.7 Å². The molecular weight excluding hydrogens is 218 g/mol. The summed E-state index contributed by atoms with van der Waals surface area (Å²) in [7, 11) is 0. The summed E-state index contributed by atoms with van der Waals surface area (Å²) in [5.41, 5.74) is 0.721. The van der Waals surface area contributed by atoms with Crippen LogP contribution in [0.15, 0.2) is 30.3 Å². The molecule has 1 amide bonds. The average molecular weight is 229 g/mol. The van der Waals surface area contributed by atoms with Crippen LogP contribution in [-0.4, -0.2) is 44.5 Å². The fourth-order valence-electron chi connectivity index (χ4n) is 1.91. The van der Waals surface area contributed by atoms with Crippen molar-refractivity contribution in [2.75, 3.05) is 13.1 Å². The van der Waals surface area contributed by atoms with Gasteiger partial charge in [-0.25, -0.2) is 0 Å². The van der Waals surface area contributed by atoms with Crippen LogP contribution in [-0.2, 0) is 0 Å². The number of nitrogens with zero attached hydrogens (tertiary/aromatic N) is 4. The number of benzene rings is 1. The number of nitrogens with one attached hydrogen (secondary N) is 1. The van der Waals surface area contributed by atoms with E-state index in [0.717, 1.165) is 5.56 Å². The molecule has 1 N–H and O–H groups in total. The lowest BCUT2D eigenvalue weighted by Crippen LogP contribution is -2.48. The summed E-state index contributed by atoms with van der Waals surface area (Å²) >= 11 is 0. The number of rotatable bonds is 2. The molecule has 2 aromatic rings. The maximum atomic E-state index is 12.0. The second-order valence-electron chi connectivity index (χ2n) is 4.04. The SMILES string of the molecule is O=C(c1ccccc1)N1CC(c2nn[nH]n2)C1. The molecule has 0 unspecified atom stereocenters. The van der Waals surface area contributed by atoms with Crippen molar-refractivity contribution >= 4 is 5.91 Å². The molecule has 1 aromatic heterocycles. The number of hydrogen-bond acceptors (Lipinski definition) is 4. The Labute approximate surface area is 97.6 Å². The van der Waals surface area contributed by atoms with Gasteiger partial charge in [0.1, 0.15) is 0 Å². The molecule has 0 saturated carbocycles. The standard InChI is InChI=1S/C11H11N5O/c17-11(8-4-2-1-3-5-8)16-6-9(7-16)10-12-14-15-13-10/h1-5,9H,6-7H2,(H,12,13,14,15). The van der Waals surface area contributed by atoms with Crippen molar-refractivity contribution in [1.29, 1.82) is 0 Å². The van der Waals surface area contributed by atoms with Crippen molar-refractivity contribution in [2.24, 2.45) is 0 Å². The Morgan fingerprint density at radius 2 is 2.06 bits per heavy atom. The van der Waals surface area contributed by atoms with Gasteiger partial charge in [-0.15, -0.1) is 10.2 Å². The van der Waals surface area contributed by atoms with Crippen molar-refractivity contribution < 1.29 is 4.79 Å². The fourth-order valence-corrected chi connectivity index (χ4v) is 1.91. The zero-order valence-electron chi connectivity index (χ0n) is 9.08. The number of carbonyl (C=O) groups is 1. The first-order chi connectivity index (χ1) is 8.34. The third-order valence-corrected chi connectivity index (χ3v) is 2.92. The van der Waals surface area contributed by atoms with E-state index in [-0.39, 0.29) is 11.8 Å². The minimum atomic E-state index is 0.0605. The Balaban J connectivity index is 1.65. The zero-order valence-corrected chi connectivity index (χ0v) is 9.08. The van der Waals surface area contributed by atoms with Gasteiger partial charge in [0.2, 0.25) is 0 Å². The van der Waals surface area contributed by atoms with E-state index in [1.54, 1.807) is 4.90 Å². The first-order valence-electron chi connectivity index (χ1n) is 5.42. The predicted molar refractivity (Wildman–Crippen MR) is 59.3 cm³/mol. The largest absolute Gasteiger partial charge is 0.337 e. The van der Waals surface area contributed by atoms with E-state index < -0.39 is 0 Å². The lowest BCUT2D eigenvalue weighted by molar-refractivity contribution is 0.0594. The molecule has 6 heteroatoms. The van der Waals surface area contributed by atoms with Gasteiger partial charge in [-0.3, -0.25) is 4.79 Å². The second-order valence-corrected chi connectivity index (χ2v) is 4.04. The van der Waals surface area contributed by atoms with Crippen molar-refractivity contribution in [3.8, 4) is 0 Å². The highest BCUT2D eigenvalue weighted by atomic mass is 16.2. The normalized spacial score (nSPS) is 15.6. The van der Waals surface area contributed by atoms with Crippen molar-refractivity contribution in [2.45, 2.75) is 5.92 Å². The molecule has 17 heavy (non-hydrogen) atoms. The monoisotopic (exact) mass is 229 g/mol. The molecule has 1 aromatic carbocycles. The van der Waals surface area contributed by atoms with Crippen LogP contribution in [0.1, 0.15) is 22.1 Å². The molecule has 3 rings (SSSR count). The Hall–Kier alpha value is -2.24. The predicted octanol–water partition coefficient (Wildman–Crippen LogP) is 0.439. The molecule has 0 radical (unpaired) electrons. The quantitative estimate of drug-likeness (QED) is 0.810. The highest BCUT2D eigenvalue weighted by molar-refractivity contribution is 5.94. The first kappa shape index (κ1) is 9.95. The van der Waals surface area contributed by atoms with Gasteiger partial charge in [-0.2, -0.15) is 5.21 Å². The first-order valence-corrected chi connectivity index (χ1v) is 5.42. The van der Waals surface area contributed by atoms with E-state index in [9.17, 15) is 4.79 Å². The summed E-state index contributed by atoms with van der Waals surface area (Å²) in [5, 5.41) is 13.8. The van der Waals surface area contributed by atoms with Crippen LogP contribution in [0, 0.1) is 0 Å². The molecule has 0 spiro atoms. The van der Waals surface area contributed by atoms with E-state index in [2.05, 4.69) is 20.6 Å². The Morgan fingerprint density at radius 1 is 1.29 bits per heavy atom. The highest BCUT2D eigenvalue weighted by Crippen LogP contribution is 2.25. The minimum absolute atomic E-state index is 0.0605. The van der Waals surface area contributed by atoms with E-state index in [1.807, 2.05) is 30.3 Å². The summed E-state index contributed by atoms with van der Waals surface area (Å²) in [6.07, 6.45) is 0. The van der Waals surface area contributed by atoms with Gasteiger partial charge < -0.3 is 4.90 Å². The topological polar surface area (TPSA) is 74.8 Å². The lowest BCUT2D eigenvalue weighted by atomic mass is 9.98. The van der Waals surface area contributed by atoms with Crippen LogP contribution < -0.4 is 0 Å². The zero-order chi connectivity index (χ0) is 11.7. The number of carbonyl (C=O) groups excluding carboxylic acids is 1. The van der Waals surface area contributed by atoms with Crippen LogP contribution >= 0.6 is 0 Å². The van der Waals surface area contributed by atoms with Crippen LogP contribution in [0.4, 0.5) is 0 Å². The Kier molecular flexibility index (Phi) is 2.32. The van der Waals surface area contributed by atoms with Gasteiger partial charge in [0.05, 0.1) is 5.92 Å². The van der Waals surface area contributed by atoms with Gasteiger partial charge >= 0.3 is 0 Å². The number of hydrogen-bond donors (Lipinski definition) is 1. The lowest BCUT2D eigenvalue weighted by Gasteiger charge is -2.37. The molecule has 2 heterocycles. The molecule has 0 bridgehead atoms. The van der Waals surface area contributed by atoms with E-state index >= 15 is 0 Å². The van der Waals surface area contributed by atoms with Crippen molar-refractivity contribution in [3.63, 3.8) is 0 Å². The van der Waals surface area contributed by atoms with E-state index in [1.165, 1.54) is 0 Å². The third-order valence-electron chi connectivity index (χ3n) is 2.92. The van der Waals surface area contributed by atoms with Crippen LogP contribution in [0.2, 0.25) is 0 Å². The van der Waals surface area contributed by atoms with Crippen LogP contribution in [0.5, 0.6) is 0 Å². The molecule has 1 saturated heterocycles. The second kappa shape index (κ2) is 3.97. The number of H-pyrrole nitrogens is 1. The van der Waals surface area contributed by atoms with E-state index in [0.29, 0.717) is 18.9 Å². The molecule has 1 aliphatic heterocycles. The smallest absolute Gasteiger partial charge is 0.253 e. The number of amides is 1. The maximum Gasteiger partial charge on any atom is 0.253 e. The molecule has 0 aliphatic carbocycles. The van der Waals surface area contributed by atoms with Gasteiger partial charge in [0.15, 0.2) is 5.82 Å². The van der Waals surface area contributed by atoms with Gasteiger partial charge in [-0.05, 0) is 12.1 Å². The summed E-state index contributed by atoms with van der Waals surface area (Å²) in [4.78, 5) is 13.8. The van der Waals surface area contributed by atoms with Gasteiger partial charge in [-0.1, -0.05) is 23.4 Å². The molecule has 86 valence electrons. The Bertz CT molecular complexity index is 504. The summed E-state index contributed by atoms with van der Waals surface area (Å²) in [5.74, 6) is 0.953. The molecule has 1 aliphatic rings. The number of tetrazole rings is 1. The average Bonchev–Trinajstić information content (AvgIpc) is 2.82. The van der Waals surface area contributed by atoms with Gasteiger partial charge in [0.25, 0.3) is 5.91 Å². The summed E-state index contributed by atoms with van der Waals surface area (Å²) in [6, 6.07) is 9.27.